The highest BCUT2D eigenvalue weighted by atomic mass is 32.2. The first-order valence-corrected chi connectivity index (χ1v) is 10.1. The van der Waals surface area contributed by atoms with Crippen LogP contribution in [0.4, 0.5) is 0 Å². The third-order valence-electron chi connectivity index (χ3n) is 1.31. The zero-order valence-electron chi connectivity index (χ0n) is 8.41. The van der Waals surface area contributed by atoms with Gasteiger partial charge in [0.05, 0.1) is 9.16 Å². The average molecular weight is 339 g/mol. The molecule has 0 spiro atoms. The van der Waals surface area contributed by atoms with E-state index < -0.39 is 0 Å². The smallest absolute Gasteiger partial charge is 0.0574 e. The number of rotatable bonds is 10. The predicted octanol–water partition coefficient (Wildman–Crippen LogP) is 3.56. The summed E-state index contributed by atoms with van der Waals surface area (Å²) in [5.74, 6) is 6.24. The van der Waals surface area contributed by atoms with Gasteiger partial charge in [0.15, 0.2) is 0 Å². The molecule has 0 N–H and O–H groups in total. The van der Waals surface area contributed by atoms with E-state index in [9.17, 15) is 0 Å². The van der Waals surface area contributed by atoms with Crippen molar-refractivity contribution in [1.82, 2.24) is 0 Å². The van der Waals surface area contributed by atoms with Gasteiger partial charge in [-0.2, -0.15) is 74.0 Å². The molecule has 0 rings (SSSR count). The predicted molar refractivity (Wildman–Crippen MR) is 95.5 cm³/mol. The SMILES string of the molecule is SCCSCC(S)SC(S)CSCCS. The molecule has 7 heteroatoms. The fourth-order valence-corrected chi connectivity index (χ4v) is 5.90. The monoisotopic (exact) mass is 338 g/mol. The lowest BCUT2D eigenvalue weighted by atomic mass is 10.9. The van der Waals surface area contributed by atoms with Crippen LogP contribution >= 0.6 is 85.8 Å². The number of thioether (sulfide) groups is 3. The lowest BCUT2D eigenvalue weighted by Crippen LogP contribution is -2.06. The maximum atomic E-state index is 4.53. The van der Waals surface area contributed by atoms with Crippen molar-refractivity contribution in [3.63, 3.8) is 0 Å². The molecule has 0 aliphatic heterocycles. The van der Waals surface area contributed by atoms with Crippen molar-refractivity contribution >= 4 is 85.8 Å². The molecule has 0 fully saturated rings. The molecule has 0 radical (unpaired) electrons. The van der Waals surface area contributed by atoms with Gasteiger partial charge in [-0.25, -0.2) is 0 Å². The quantitative estimate of drug-likeness (QED) is 0.273. The van der Waals surface area contributed by atoms with Crippen molar-refractivity contribution in [2.24, 2.45) is 0 Å². The van der Waals surface area contributed by atoms with Crippen LogP contribution in [-0.2, 0) is 0 Å². The maximum absolute atomic E-state index is 4.53. The van der Waals surface area contributed by atoms with Crippen molar-refractivity contribution in [3.05, 3.63) is 0 Å². The first-order chi connectivity index (χ1) is 7.20. The molecule has 0 amide bonds. The first kappa shape index (κ1) is 17.4. The van der Waals surface area contributed by atoms with Crippen molar-refractivity contribution in [1.29, 1.82) is 0 Å². The van der Waals surface area contributed by atoms with Crippen LogP contribution in [0.3, 0.4) is 0 Å². The summed E-state index contributed by atoms with van der Waals surface area (Å²) >= 11 is 23.1. The minimum Gasteiger partial charge on any atom is -0.179 e. The topological polar surface area (TPSA) is 0 Å². The van der Waals surface area contributed by atoms with E-state index in [0.29, 0.717) is 9.16 Å². The van der Waals surface area contributed by atoms with Crippen LogP contribution in [0, 0.1) is 0 Å². The van der Waals surface area contributed by atoms with Gasteiger partial charge in [0.1, 0.15) is 0 Å². The van der Waals surface area contributed by atoms with Crippen molar-refractivity contribution in [2.75, 3.05) is 34.5 Å². The van der Waals surface area contributed by atoms with E-state index in [1.54, 1.807) is 0 Å². The zero-order chi connectivity index (χ0) is 11.5. The van der Waals surface area contributed by atoms with Crippen molar-refractivity contribution in [2.45, 2.75) is 9.16 Å². The standard InChI is InChI=1S/C8H18S7/c9-1-3-13-5-7(11)15-8(12)6-14-4-2-10/h7-12H,1-6H2. The van der Waals surface area contributed by atoms with Crippen molar-refractivity contribution < 1.29 is 0 Å². The summed E-state index contributed by atoms with van der Waals surface area (Å²) in [4.78, 5) is 0. The second-order valence-corrected chi connectivity index (χ2v) is 9.19. The molecule has 0 aliphatic rings. The molecule has 0 saturated heterocycles. The Balaban J connectivity index is 3.35. The van der Waals surface area contributed by atoms with Crippen LogP contribution in [-0.4, -0.2) is 43.7 Å². The van der Waals surface area contributed by atoms with Gasteiger partial charge in [-0.3, -0.25) is 0 Å². The summed E-state index contributed by atoms with van der Waals surface area (Å²) < 4.78 is 0.767. The average Bonchev–Trinajstić information content (AvgIpc) is 2.18. The molecule has 0 heterocycles. The highest BCUT2D eigenvalue weighted by Crippen LogP contribution is 2.28. The molecule has 0 aliphatic carbocycles. The molecule has 2 atom stereocenters. The van der Waals surface area contributed by atoms with Crippen LogP contribution in [0.1, 0.15) is 0 Å². The molecule has 0 saturated carbocycles. The van der Waals surface area contributed by atoms with Crippen LogP contribution in [0.5, 0.6) is 0 Å². The van der Waals surface area contributed by atoms with Crippen molar-refractivity contribution in [3.8, 4) is 0 Å². The van der Waals surface area contributed by atoms with Gasteiger partial charge in [0, 0.05) is 23.0 Å². The van der Waals surface area contributed by atoms with Gasteiger partial charge in [-0.15, -0.1) is 11.8 Å². The van der Waals surface area contributed by atoms with E-state index in [2.05, 4.69) is 50.5 Å². The Morgan fingerprint density at radius 3 is 1.53 bits per heavy atom. The Bertz CT molecular complexity index is 118. The summed E-state index contributed by atoms with van der Waals surface area (Å²) in [6.45, 7) is 0. The minimum absolute atomic E-state index is 0.383. The summed E-state index contributed by atoms with van der Waals surface area (Å²) in [5, 5.41) is 0. The Hall–Kier alpha value is 2.45. The van der Waals surface area contributed by atoms with E-state index in [4.69, 9.17) is 0 Å². The lowest BCUT2D eigenvalue weighted by molar-refractivity contribution is 1.38. The van der Waals surface area contributed by atoms with Crippen LogP contribution < -0.4 is 0 Å². The largest absolute Gasteiger partial charge is 0.179 e. The molecule has 0 bridgehead atoms. The van der Waals surface area contributed by atoms with E-state index in [1.165, 1.54) is 0 Å². The van der Waals surface area contributed by atoms with Gasteiger partial charge in [-0.1, -0.05) is 0 Å². The molecule has 0 aromatic heterocycles. The van der Waals surface area contributed by atoms with Crippen LogP contribution in [0.15, 0.2) is 0 Å². The van der Waals surface area contributed by atoms with Gasteiger partial charge >= 0.3 is 0 Å². The van der Waals surface area contributed by atoms with Gasteiger partial charge < -0.3 is 0 Å². The molecule has 0 aromatic carbocycles. The van der Waals surface area contributed by atoms with E-state index in [1.807, 2.05) is 35.3 Å². The zero-order valence-corrected chi connectivity index (χ0v) is 14.4. The molecular formula is C8H18S7. The van der Waals surface area contributed by atoms with Gasteiger partial charge in [0.2, 0.25) is 0 Å². The first-order valence-electron chi connectivity index (χ1n) is 4.59. The van der Waals surface area contributed by atoms with E-state index >= 15 is 0 Å². The Morgan fingerprint density at radius 1 is 0.800 bits per heavy atom. The third kappa shape index (κ3) is 12.7. The van der Waals surface area contributed by atoms with Gasteiger partial charge in [0.25, 0.3) is 0 Å². The number of hydrogen-bond donors (Lipinski definition) is 4. The normalized spacial score (nSPS) is 15.2. The van der Waals surface area contributed by atoms with Crippen LogP contribution in [0.25, 0.3) is 0 Å². The summed E-state index contributed by atoms with van der Waals surface area (Å²) in [6.07, 6.45) is 0. The molecule has 0 nitrogen and oxygen atoms in total. The molecule has 92 valence electrons. The fraction of sp³-hybridized carbons (Fsp3) is 1.00. The Labute approximate surface area is 128 Å². The second kappa shape index (κ2) is 12.9. The summed E-state index contributed by atoms with van der Waals surface area (Å²) in [7, 11) is 0. The molecule has 0 aromatic rings. The van der Waals surface area contributed by atoms with E-state index in [-0.39, 0.29) is 0 Å². The summed E-state index contributed by atoms with van der Waals surface area (Å²) in [6, 6.07) is 0. The molecular weight excluding hydrogens is 321 g/mol. The van der Waals surface area contributed by atoms with Gasteiger partial charge in [-0.05, 0) is 11.5 Å². The second-order valence-electron chi connectivity index (χ2n) is 2.64. The Kier molecular flexibility index (Phi) is 15.0. The van der Waals surface area contributed by atoms with E-state index in [0.717, 1.165) is 34.5 Å². The lowest BCUT2D eigenvalue weighted by Gasteiger charge is -2.15. The highest BCUT2D eigenvalue weighted by Gasteiger charge is 2.10. The molecule has 15 heavy (non-hydrogen) atoms. The summed E-state index contributed by atoms with van der Waals surface area (Å²) in [5.41, 5.74) is 0. The minimum atomic E-state index is 0.383. The third-order valence-corrected chi connectivity index (χ3v) is 7.46. The Morgan fingerprint density at radius 2 is 1.20 bits per heavy atom. The fourth-order valence-electron chi connectivity index (χ4n) is 0.757. The maximum Gasteiger partial charge on any atom is 0.0574 e. The van der Waals surface area contributed by atoms with Crippen LogP contribution in [0.2, 0.25) is 0 Å². The number of thiol groups is 4. The molecule has 2 unspecified atom stereocenters. The highest BCUT2D eigenvalue weighted by molar-refractivity contribution is 8.18. The number of hydrogen-bond acceptors (Lipinski definition) is 7.